The number of thioether (sulfide) groups is 1. The van der Waals surface area contributed by atoms with Gasteiger partial charge in [0.2, 0.25) is 11.5 Å². The normalized spacial score (nSPS) is 20.5. The Bertz CT molecular complexity index is 1190. The number of carbonyl (C=O) groups excluding carboxylic acids is 2. The minimum Gasteiger partial charge on any atom is -0.477 e. The molecule has 2 aromatic rings. The first-order valence-electron chi connectivity index (χ1n) is 9.41. The Morgan fingerprint density at radius 1 is 1.42 bits per heavy atom. The molecule has 12 nitrogen and oxygen atoms in total. The van der Waals surface area contributed by atoms with Gasteiger partial charge in [-0.2, -0.15) is 9.36 Å². The first-order valence-corrected chi connectivity index (χ1v) is 11.2. The monoisotopic (exact) mass is 487 g/mol. The summed E-state index contributed by atoms with van der Waals surface area (Å²) in [4.78, 5) is 51.3. The maximum Gasteiger partial charge on any atom is 0.352 e. The predicted octanol–water partition coefficient (Wildman–Crippen LogP) is 0.318. The fourth-order valence-corrected chi connectivity index (χ4v) is 5.01. The number of nitrogens with zero attached hydrogens (tertiary/aromatic N) is 5. The number of anilines is 1. The molecule has 4 heterocycles. The van der Waals surface area contributed by atoms with Gasteiger partial charge in [-0.25, -0.2) is 4.79 Å². The number of β-lactam (4-membered cyclic amide) rings is 1. The lowest BCUT2D eigenvalue weighted by Gasteiger charge is -2.49. The second-order valence-electron chi connectivity index (χ2n) is 6.74. The van der Waals surface area contributed by atoms with Crippen LogP contribution in [0.3, 0.4) is 0 Å². The summed E-state index contributed by atoms with van der Waals surface area (Å²) < 4.78 is 3.93. The Morgan fingerprint density at radius 3 is 2.88 bits per heavy atom. The standard InChI is InChI=1S/C19H17N7O5S2/c1-31-24-11(14-23-19(20)33-25-14)15(27)22-12-16(28)26-13(18(29)30)10(8-32-17(12)26)5-4-9-3-2-6-21-7-9/h2-7,12,17H,8H2,1H3,(H,22,27)(H,29,30)(H2,20,23,25)/b5-4+,24-11+/t12?,17-/m1/s1. The van der Waals surface area contributed by atoms with Gasteiger partial charge in [0.1, 0.15) is 24.2 Å². The molecule has 1 saturated heterocycles. The van der Waals surface area contributed by atoms with Gasteiger partial charge in [0.05, 0.1) is 0 Å². The van der Waals surface area contributed by atoms with Crippen LogP contribution < -0.4 is 11.1 Å². The van der Waals surface area contributed by atoms with Crippen molar-refractivity contribution in [2.24, 2.45) is 5.16 Å². The summed E-state index contributed by atoms with van der Waals surface area (Å²) in [6, 6.07) is 2.65. The van der Waals surface area contributed by atoms with Gasteiger partial charge < -0.3 is 21.0 Å². The van der Waals surface area contributed by atoms with E-state index in [0.717, 1.165) is 17.1 Å². The van der Waals surface area contributed by atoms with E-state index in [1.54, 1.807) is 30.6 Å². The summed E-state index contributed by atoms with van der Waals surface area (Å²) in [5, 5.41) is 15.5. The van der Waals surface area contributed by atoms with Crippen molar-refractivity contribution < 1.29 is 24.3 Å². The third kappa shape index (κ3) is 4.42. The Labute approximate surface area is 195 Å². The van der Waals surface area contributed by atoms with Crippen LogP contribution in [0.2, 0.25) is 0 Å². The number of amides is 2. The van der Waals surface area contributed by atoms with Gasteiger partial charge in [0, 0.05) is 29.7 Å². The Kier molecular flexibility index (Phi) is 6.37. The van der Waals surface area contributed by atoms with Gasteiger partial charge in [-0.3, -0.25) is 19.5 Å². The second kappa shape index (κ2) is 9.38. The van der Waals surface area contributed by atoms with Gasteiger partial charge in [-0.1, -0.05) is 23.4 Å². The van der Waals surface area contributed by atoms with E-state index in [1.165, 1.54) is 23.8 Å². The van der Waals surface area contributed by atoms with E-state index < -0.39 is 29.2 Å². The summed E-state index contributed by atoms with van der Waals surface area (Å²) in [6.07, 6.45) is 6.66. The lowest BCUT2D eigenvalue weighted by molar-refractivity contribution is -0.150. The van der Waals surface area contributed by atoms with Crippen molar-refractivity contribution >= 4 is 58.0 Å². The van der Waals surface area contributed by atoms with E-state index in [4.69, 9.17) is 10.6 Å². The molecule has 0 bridgehead atoms. The molecule has 4 rings (SSSR count). The van der Waals surface area contributed by atoms with Crippen LogP contribution in [0.1, 0.15) is 11.4 Å². The van der Waals surface area contributed by atoms with E-state index in [-0.39, 0.29) is 22.4 Å². The maximum atomic E-state index is 12.8. The minimum absolute atomic E-state index is 0.0364. The number of hydrogen-bond acceptors (Lipinski definition) is 11. The van der Waals surface area contributed by atoms with Crippen LogP contribution in [-0.4, -0.2) is 72.1 Å². The van der Waals surface area contributed by atoms with E-state index in [2.05, 4.69) is 24.8 Å². The lowest BCUT2D eigenvalue weighted by atomic mass is 10.0. The molecule has 2 atom stereocenters. The van der Waals surface area contributed by atoms with Gasteiger partial charge >= 0.3 is 5.97 Å². The lowest BCUT2D eigenvalue weighted by Crippen LogP contribution is -2.71. The Hall–Kier alpha value is -3.78. The van der Waals surface area contributed by atoms with E-state index in [9.17, 15) is 19.5 Å². The third-order valence-corrected chi connectivity index (χ3v) is 6.54. The van der Waals surface area contributed by atoms with Crippen LogP contribution in [0, 0.1) is 0 Å². The number of nitrogen functional groups attached to an aromatic ring is 1. The number of nitrogens with one attached hydrogen (secondary N) is 1. The maximum absolute atomic E-state index is 12.8. The highest BCUT2D eigenvalue weighted by molar-refractivity contribution is 8.00. The molecular formula is C19H17N7O5S2. The summed E-state index contributed by atoms with van der Waals surface area (Å²) in [6.45, 7) is 0. The molecular weight excluding hydrogens is 470 g/mol. The molecule has 1 fully saturated rings. The quantitative estimate of drug-likeness (QED) is 0.280. The zero-order valence-electron chi connectivity index (χ0n) is 17.0. The number of nitrogens with two attached hydrogens (primary N) is 1. The Morgan fingerprint density at radius 2 is 2.24 bits per heavy atom. The number of aliphatic carboxylic acids is 1. The van der Waals surface area contributed by atoms with Crippen molar-refractivity contribution in [1.82, 2.24) is 24.6 Å². The number of oxime groups is 1. The number of hydrogen-bond donors (Lipinski definition) is 3. The minimum atomic E-state index is -1.23. The first-order chi connectivity index (χ1) is 15.9. The van der Waals surface area contributed by atoms with Crippen molar-refractivity contribution in [3.05, 3.63) is 53.3 Å². The van der Waals surface area contributed by atoms with Crippen molar-refractivity contribution in [3.8, 4) is 0 Å². The van der Waals surface area contributed by atoms with Crippen molar-refractivity contribution in [2.75, 3.05) is 18.6 Å². The van der Waals surface area contributed by atoms with E-state index in [0.29, 0.717) is 11.3 Å². The largest absolute Gasteiger partial charge is 0.477 e. The Balaban J connectivity index is 1.53. The number of fused-ring (bicyclic) bond motifs is 1. The summed E-state index contributed by atoms with van der Waals surface area (Å²) >= 11 is 2.22. The number of carboxylic acids is 1. The molecule has 4 N–H and O–H groups in total. The van der Waals surface area contributed by atoms with Gasteiger partial charge in [-0.15, -0.1) is 11.8 Å². The SMILES string of the molecule is CO/N=C(/C(=O)NC1C(=O)N2C(C(=O)O)=C(/C=C/c3cccnc3)CS[C@H]12)c1nsc(N)n1. The predicted molar refractivity (Wildman–Crippen MR) is 121 cm³/mol. The summed E-state index contributed by atoms with van der Waals surface area (Å²) in [5.41, 5.74) is 6.48. The van der Waals surface area contributed by atoms with Crippen molar-refractivity contribution in [2.45, 2.75) is 11.4 Å². The van der Waals surface area contributed by atoms with E-state index >= 15 is 0 Å². The number of aromatic nitrogens is 3. The summed E-state index contributed by atoms with van der Waals surface area (Å²) in [5.74, 6) is -2.22. The highest BCUT2D eigenvalue weighted by Gasteiger charge is 2.54. The average Bonchev–Trinajstić information content (AvgIpc) is 3.25. The second-order valence-corrected chi connectivity index (χ2v) is 8.63. The van der Waals surface area contributed by atoms with Crippen molar-refractivity contribution in [1.29, 1.82) is 0 Å². The highest BCUT2D eigenvalue weighted by atomic mass is 32.2. The fourth-order valence-electron chi connectivity index (χ4n) is 3.26. The van der Waals surface area contributed by atoms with Crippen LogP contribution >= 0.6 is 23.3 Å². The molecule has 2 aliphatic heterocycles. The fraction of sp³-hybridized carbons (Fsp3) is 0.211. The van der Waals surface area contributed by atoms with Crippen LogP contribution in [0.15, 0.2) is 47.0 Å². The molecule has 2 amide bonds. The van der Waals surface area contributed by atoms with Gasteiger partial charge in [0.15, 0.2) is 5.13 Å². The molecule has 0 saturated carbocycles. The number of pyridine rings is 1. The highest BCUT2D eigenvalue weighted by Crippen LogP contribution is 2.40. The average molecular weight is 488 g/mol. The third-order valence-electron chi connectivity index (χ3n) is 4.70. The molecule has 2 aliphatic rings. The number of allylic oxidation sites excluding steroid dienone is 1. The van der Waals surface area contributed by atoms with Gasteiger partial charge in [0.25, 0.3) is 11.8 Å². The number of rotatable bonds is 7. The number of carbonyl (C=O) groups is 3. The van der Waals surface area contributed by atoms with Crippen LogP contribution in [0.5, 0.6) is 0 Å². The molecule has 0 radical (unpaired) electrons. The van der Waals surface area contributed by atoms with Crippen LogP contribution in [0.25, 0.3) is 6.08 Å². The molecule has 33 heavy (non-hydrogen) atoms. The molecule has 1 unspecified atom stereocenters. The molecule has 2 aromatic heterocycles. The molecule has 0 aliphatic carbocycles. The number of carboxylic acid groups (broad SMARTS) is 1. The first kappa shape index (κ1) is 22.4. The molecule has 170 valence electrons. The van der Waals surface area contributed by atoms with Crippen LogP contribution in [0.4, 0.5) is 5.13 Å². The summed E-state index contributed by atoms with van der Waals surface area (Å²) in [7, 11) is 1.25. The molecule has 0 aromatic carbocycles. The van der Waals surface area contributed by atoms with Gasteiger partial charge in [-0.05, 0) is 17.2 Å². The van der Waals surface area contributed by atoms with Crippen molar-refractivity contribution in [3.63, 3.8) is 0 Å². The topological polar surface area (TPSA) is 173 Å². The smallest absolute Gasteiger partial charge is 0.352 e. The zero-order chi connectivity index (χ0) is 23.5. The van der Waals surface area contributed by atoms with Crippen LogP contribution in [-0.2, 0) is 19.2 Å². The molecule has 14 heteroatoms. The van der Waals surface area contributed by atoms with E-state index in [1.807, 2.05) is 6.07 Å². The zero-order valence-corrected chi connectivity index (χ0v) is 18.7. The molecule has 0 spiro atoms.